The molecule has 5 aromatic rings. The lowest BCUT2D eigenvalue weighted by Gasteiger charge is -2.16. The van der Waals surface area contributed by atoms with E-state index < -0.39 is 0 Å². The van der Waals surface area contributed by atoms with Crippen molar-refractivity contribution in [3.8, 4) is 22.8 Å². The number of ether oxygens (including phenoxy) is 2. The Morgan fingerprint density at radius 1 is 0.837 bits per heavy atom. The van der Waals surface area contributed by atoms with Gasteiger partial charge in [0.05, 0.1) is 25.3 Å². The molecule has 1 unspecified atom stereocenters. The molecule has 1 heterocycles. The van der Waals surface area contributed by atoms with Gasteiger partial charge in [-0.15, -0.1) is 0 Å². The van der Waals surface area contributed by atoms with Gasteiger partial charge in [-0.2, -0.15) is 0 Å². The number of H-pyrrole nitrogens is 1. The molecular formula is C36H37N3O4. The maximum Gasteiger partial charge on any atom is 0.257 e. The Hall–Kier alpha value is -4.88. The normalized spacial score (nSPS) is 11.7. The van der Waals surface area contributed by atoms with E-state index in [1.54, 1.807) is 38.5 Å². The van der Waals surface area contributed by atoms with E-state index in [4.69, 9.17) is 9.47 Å². The number of benzene rings is 4. The number of amides is 1. The van der Waals surface area contributed by atoms with E-state index in [2.05, 4.69) is 28.6 Å². The van der Waals surface area contributed by atoms with Crippen LogP contribution in [0.15, 0.2) is 102 Å². The van der Waals surface area contributed by atoms with Crippen LogP contribution in [0.3, 0.4) is 0 Å². The second-order valence-corrected chi connectivity index (χ2v) is 10.5. The molecule has 43 heavy (non-hydrogen) atoms. The van der Waals surface area contributed by atoms with E-state index in [-0.39, 0.29) is 17.4 Å². The highest BCUT2D eigenvalue weighted by Crippen LogP contribution is 2.30. The summed E-state index contributed by atoms with van der Waals surface area (Å²) in [5.41, 5.74) is 5.46. The monoisotopic (exact) mass is 575 g/mol. The van der Waals surface area contributed by atoms with Crippen molar-refractivity contribution in [2.75, 3.05) is 26.1 Å². The fourth-order valence-corrected chi connectivity index (χ4v) is 5.20. The smallest absolute Gasteiger partial charge is 0.257 e. The molecular weight excluding hydrogens is 538 g/mol. The fraction of sp³-hybridized carbons (Fsp3) is 0.222. The largest absolute Gasteiger partial charge is 0.493 e. The number of nitrogens with one attached hydrogen (secondary N) is 3. The van der Waals surface area contributed by atoms with Crippen molar-refractivity contribution in [2.24, 2.45) is 0 Å². The van der Waals surface area contributed by atoms with E-state index in [0.29, 0.717) is 27.8 Å². The number of methoxy groups -OCH3 is 2. The molecule has 1 aromatic heterocycles. The predicted molar refractivity (Wildman–Crippen MR) is 173 cm³/mol. The van der Waals surface area contributed by atoms with Crippen molar-refractivity contribution >= 4 is 22.5 Å². The van der Waals surface area contributed by atoms with Crippen molar-refractivity contribution < 1.29 is 14.3 Å². The van der Waals surface area contributed by atoms with Crippen LogP contribution in [0, 0.1) is 0 Å². The van der Waals surface area contributed by atoms with Gasteiger partial charge >= 0.3 is 0 Å². The first-order chi connectivity index (χ1) is 21.0. The van der Waals surface area contributed by atoms with Crippen LogP contribution in [0.1, 0.15) is 47.3 Å². The molecule has 0 bridgehead atoms. The number of aryl methyl sites for hydroxylation is 1. The quantitative estimate of drug-likeness (QED) is 0.138. The number of anilines is 1. The number of pyridine rings is 1. The molecule has 7 heteroatoms. The lowest BCUT2D eigenvalue weighted by atomic mass is 10.0. The van der Waals surface area contributed by atoms with Gasteiger partial charge in [-0.05, 0) is 85.8 Å². The Morgan fingerprint density at radius 3 is 2.35 bits per heavy atom. The molecule has 5 rings (SSSR count). The Balaban J connectivity index is 1.15. The van der Waals surface area contributed by atoms with Crippen molar-refractivity contribution in [3.05, 3.63) is 124 Å². The number of aromatic amines is 1. The van der Waals surface area contributed by atoms with E-state index in [9.17, 15) is 9.59 Å². The first-order valence-corrected chi connectivity index (χ1v) is 14.5. The number of rotatable bonds is 12. The average molecular weight is 576 g/mol. The highest BCUT2D eigenvalue weighted by Gasteiger charge is 2.14. The summed E-state index contributed by atoms with van der Waals surface area (Å²) in [7, 11) is 3.29. The van der Waals surface area contributed by atoms with Crippen LogP contribution in [-0.4, -0.2) is 31.7 Å². The molecule has 0 radical (unpaired) electrons. The van der Waals surface area contributed by atoms with E-state index in [0.717, 1.165) is 48.4 Å². The summed E-state index contributed by atoms with van der Waals surface area (Å²) in [6, 6.07) is 30.5. The van der Waals surface area contributed by atoms with Crippen LogP contribution < -0.4 is 25.5 Å². The Bertz CT molecular complexity index is 1750. The highest BCUT2D eigenvalue weighted by molar-refractivity contribution is 6.12. The molecule has 0 aliphatic carbocycles. The summed E-state index contributed by atoms with van der Waals surface area (Å²) in [6.07, 6.45) is 3.04. The van der Waals surface area contributed by atoms with E-state index in [1.807, 2.05) is 66.7 Å². The zero-order valence-electron chi connectivity index (χ0n) is 24.8. The Morgan fingerprint density at radius 2 is 1.60 bits per heavy atom. The van der Waals surface area contributed by atoms with Gasteiger partial charge in [0.2, 0.25) is 0 Å². The second kappa shape index (κ2) is 13.9. The number of para-hydroxylation sites is 1. The summed E-state index contributed by atoms with van der Waals surface area (Å²) >= 11 is 0. The topological polar surface area (TPSA) is 92.5 Å². The van der Waals surface area contributed by atoms with Crippen LogP contribution in [0.2, 0.25) is 0 Å². The number of carbonyl (C=O) groups excluding carboxylic acids is 1. The van der Waals surface area contributed by atoms with Crippen molar-refractivity contribution in [1.82, 2.24) is 10.3 Å². The third-order valence-electron chi connectivity index (χ3n) is 7.66. The minimum atomic E-state index is -0.270. The molecule has 7 nitrogen and oxygen atoms in total. The van der Waals surface area contributed by atoms with Gasteiger partial charge in [0, 0.05) is 28.9 Å². The molecule has 4 aromatic carbocycles. The zero-order chi connectivity index (χ0) is 30.2. The fourth-order valence-electron chi connectivity index (χ4n) is 5.20. The summed E-state index contributed by atoms with van der Waals surface area (Å²) < 4.78 is 10.8. The number of carbonyl (C=O) groups is 1. The molecule has 0 saturated heterocycles. The van der Waals surface area contributed by atoms with Crippen LogP contribution in [0.5, 0.6) is 11.5 Å². The van der Waals surface area contributed by atoms with E-state index >= 15 is 0 Å². The number of aromatic nitrogens is 1. The SMILES string of the molecule is COc1ccc(C(C)NCCCCc2ccc(NC(=O)c3cccc4c(=O)cc(-c5ccccc5)[nH]c34)cc2)cc1OC. The zero-order valence-corrected chi connectivity index (χ0v) is 24.8. The number of hydrogen-bond acceptors (Lipinski definition) is 5. The lowest BCUT2D eigenvalue weighted by Crippen LogP contribution is -2.20. The Kier molecular flexibility index (Phi) is 9.54. The third kappa shape index (κ3) is 7.13. The van der Waals surface area contributed by atoms with Gasteiger partial charge < -0.3 is 25.1 Å². The first-order valence-electron chi connectivity index (χ1n) is 14.5. The van der Waals surface area contributed by atoms with Gasteiger partial charge in [0.25, 0.3) is 5.91 Å². The summed E-state index contributed by atoms with van der Waals surface area (Å²) in [5.74, 6) is 1.19. The maximum absolute atomic E-state index is 13.3. The Labute approximate surface area is 251 Å². The highest BCUT2D eigenvalue weighted by atomic mass is 16.5. The number of unbranched alkanes of at least 4 members (excludes halogenated alkanes) is 1. The molecule has 220 valence electrons. The van der Waals surface area contributed by atoms with Crippen LogP contribution in [0.4, 0.5) is 5.69 Å². The minimum absolute atomic E-state index is 0.128. The van der Waals surface area contributed by atoms with Gasteiger partial charge in [-0.25, -0.2) is 0 Å². The van der Waals surface area contributed by atoms with Crippen LogP contribution in [-0.2, 0) is 6.42 Å². The minimum Gasteiger partial charge on any atom is -0.493 e. The summed E-state index contributed by atoms with van der Waals surface area (Å²) in [5, 5.41) is 7.05. The average Bonchev–Trinajstić information content (AvgIpc) is 3.05. The standard InChI is InChI=1S/C36H37N3O4/c1-24(27-17-20-33(42-2)34(22-27)43-3)37-21-8-7-10-25-15-18-28(19-16-25)38-36(41)30-14-9-13-29-32(40)23-31(39-35(29)30)26-11-5-4-6-12-26/h4-6,9,11-20,22-24,37H,7-8,10,21H2,1-3H3,(H,38,41)(H,39,40). The maximum atomic E-state index is 13.3. The first kappa shape index (κ1) is 29.6. The molecule has 1 amide bonds. The number of fused-ring (bicyclic) bond motifs is 1. The molecule has 3 N–H and O–H groups in total. The molecule has 1 atom stereocenters. The van der Waals surface area contributed by atoms with Gasteiger partial charge in [-0.3, -0.25) is 9.59 Å². The third-order valence-corrected chi connectivity index (χ3v) is 7.66. The van der Waals surface area contributed by atoms with Gasteiger partial charge in [0.1, 0.15) is 0 Å². The van der Waals surface area contributed by atoms with Crippen LogP contribution in [0.25, 0.3) is 22.2 Å². The summed E-state index contributed by atoms with van der Waals surface area (Å²) in [6.45, 7) is 3.05. The van der Waals surface area contributed by atoms with Crippen molar-refractivity contribution in [2.45, 2.75) is 32.2 Å². The molecule has 0 aliphatic heterocycles. The molecule has 0 aliphatic rings. The van der Waals surface area contributed by atoms with Crippen LogP contribution >= 0.6 is 0 Å². The number of hydrogen-bond donors (Lipinski definition) is 3. The summed E-state index contributed by atoms with van der Waals surface area (Å²) in [4.78, 5) is 29.4. The van der Waals surface area contributed by atoms with Gasteiger partial charge in [0.15, 0.2) is 16.9 Å². The van der Waals surface area contributed by atoms with Crippen molar-refractivity contribution in [1.29, 1.82) is 0 Å². The van der Waals surface area contributed by atoms with Gasteiger partial charge in [-0.1, -0.05) is 54.6 Å². The molecule has 0 saturated carbocycles. The molecule has 0 fully saturated rings. The second-order valence-electron chi connectivity index (χ2n) is 10.5. The predicted octanol–water partition coefficient (Wildman–Crippen LogP) is 7.14. The van der Waals surface area contributed by atoms with E-state index in [1.165, 1.54) is 5.56 Å². The molecule has 0 spiro atoms. The lowest BCUT2D eigenvalue weighted by molar-refractivity contribution is 0.102. The van der Waals surface area contributed by atoms with Crippen molar-refractivity contribution in [3.63, 3.8) is 0 Å².